The second-order valence-corrected chi connectivity index (χ2v) is 8.14. The second-order valence-electron chi connectivity index (χ2n) is 6.13. The van der Waals surface area contributed by atoms with E-state index in [2.05, 4.69) is 15.7 Å². The molecule has 0 saturated heterocycles. The number of rotatable bonds is 4. The first-order chi connectivity index (χ1) is 12.9. The SMILES string of the molecule is O=C(NCc1cccs1)c1cc2n(n1)C(C(F)(F)F)CC(c1cccs1)N2. The number of thiophene rings is 2. The predicted molar refractivity (Wildman–Crippen MR) is 98.1 cm³/mol. The van der Waals surface area contributed by atoms with Crippen molar-refractivity contribution in [2.24, 2.45) is 0 Å². The summed E-state index contributed by atoms with van der Waals surface area (Å²) in [6.07, 6.45) is -4.63. The molecule has 0 saturated carbocycles. The number of halogens is 3. The van der Waals surface area contributed by atoms with Gasteiger partial charge in [0.05, 0.1) is 12.6 Å². The molecular formula is C17H15F3N4OS2. The Hall–Kier alpha value is -2.33. The molecule has 27 heavy (non-hydrogen) atoms. The highest BCUT2D eigenvalue weighted by atomic mass is 32.1. The lowest BCUT2D eigenvalue weighted by Crippen LogP contribution is -2.35. The van der Waals surface area contributed by atoms with Gasteiger partial charge in [-0.3, -0.25) is 4.79 Å². The molecule has 0 fully saturated rings. The van der Waals surface area contributed by atoms with Crippen molar-refractivity contribution in [1.29, 1.82) is 0 Å². The molecule has 3 aromatic rings. The summed E-state index contributed by atoms with van der Waals surface area (Å²) in [7, 11) is 0. The molecule has 4 rings (SSSR count). The molecule has 2 N–H and O–H groups in total. The summed E-state index contributed by atoms with van der Waals surface area (Å²) in [5.74, 6) is -0.302. The van der Waals surface area contributed by atoms with Crippen molar-refractivity contribution in [3.63, 3.8) is 0 Å². The number of fused-ring (bicyclic) bond motifs is 1. The van der Waals surface area contributed by atoms with E-state index in [0.29, 0.717) is 6.54 Å². The van der Waals surface area contributed by atoms with Crippen LogP contribution < -0.4 is 10.6 Å². The zero-order valence-corrected chi connectivity index (χ0v) is 15.5. The number of alkyl halides is 3. The van der Waals surface area contributed by atoms with Crippen LogP contribution >= 0.6 is 22.7 Å². The summed E-state index contributed by atoms with van der Waals surface area (Å²) in [6.45, 7) is 0.312. The number of anilines is 1. The van der Waals surface area contributed by atoms with Crippen LogP contribution in [0, 0.1) is 0 Å². The molecular weight excluding hydrogens is 397 g/mol. The van der Waals surface area contributed by atoms with Crippen molar-refractivity contribution in [1.82, 2.24) is 15.1 Å². The van der Waals surface area contributed by atoms with Gasteiger partial charge in [-0.25, -0.2) is 4.68 Å². The molecule has 0 aliphatic carbocycles. The average Bonchev–Trinajstić information content (AvgIpc) is 3.38. The summed E-state index contributed by atoms with van der Waals surface area (Å²) in [6, 6.07) is 6.47. The zero-order chi connectivity index (χ0) is 19.0. The lowest BCUT2D eigenvalue weighted by atomic mass is 10.0. The van der Waals surface area contributed by atoms with E-state index in [1.807, 2.05) is 22.9 Å². The van der Waals surface area contributed by atoms with Crippen molar-refractivity contribution in [3.8, 4) is 0 Å². The number of nitrogens with zero attached hydrogens (tertiary/aromatic N) is 2. The highest BCUT2D eigenvalue weighted by Crippen LogP contribution is 2.44. The van der Waals surface area contributed by atoms with Crippen LogP contribution in [-0.4, -0.2) is 21.9 Å². The van der Waals surface area contributed by atoms with Crippen molar-refractivity contribution >= 4 is 34.4 Å². The number of nitrogens with one attached hydrogen (secondary N) is 2. The van der Waals surface area contributed by atoms with E-state index in [0.717, 1.165) is 14.4 Å². The lowest BCUT2D eigenvalue weighted by Gasteiger charge is -2.32. The highest BCUT2D eigenvalue weighted by Gasteiger charge is 2.47. The summed E-state index contributed by atoms with van der Waals surface area (Å²) in [5.41, 5.74) is -0.0323. The number of amides is 1. The third-order valence-corrected chi connectivity index (χ3v) is 6.17. The van der Waals surface area contributed by atoms with Crippen LogP contribution in [0.5, 0.6) is 0 Å². The van der Waals surface area contributed by atoms with Crippen molar-refractivity contribution in [2.75, 3.05) is 5.32 Å². The Labute approximate surface area is 160 Å². The standard InChI is InChI=1S/C17H15F3N4OS2/c18-17(19,20)14-7-11(13-4-2-6-27-13)22-15-8-12(23-24(14)15)16(25)21-9-10-3-1-5-26-10/h1-6,8,11,14,22H,7,9H2,(H,21,25). The second kappa shape index (κ2) is 7.01. The number of hydrogen-bond donors (Lipinski definition) is 2. The number of carbonyl (C=O) groups excluding carboxylic acids is 1. The topological polar surface area (TPSA) is 59.0 Å². The van der Waals surface area contributed by atoms with Crippen LogP contribution in [0.3, 0.4) is 0 Å². The molecule has 5 nitrogen and oxygen atoms in total. The Morgan fingerprint density at radius 2 is 2.07 bits per heavy atom. The van der Waals surface area contributed by atoms with Gasteiger partial charge in [-0.15, -0.1) is 22.7 Å². The Kier molecular flexibility index (Phi) is 4.68. The number of carbonyl (C=O) groups is 1. The lowest BCUT2D eigenvalue weighted by molar-refractivity contribution is -0.173. The Morgan fingerprint density at radius 3 is 2.74 bits per heavy atom. The van der Waals surface area contributed by atoms with Crippen LogP contribution in [0.15, 0.2) is 41.1 Å². The third kappa shape index (κ3) is 3.72. The summed E-state index contributed by atoms with van der Waals surface area (Å²) < 4.78 is 41.7. The number of aromatic nitrogens is 2. The van der Waals surface area contributed by atoms with Crippen LogP contribution in [0.4, 0.5) is 19.0 Å². The first-order valence-corrected chi connectivity index (χ1v) is 9.94. The molecule has 142 valence electrons. The van der Waals surface area contributed by atoms with E-state index in [4.69, 9.17) is 0 Å². The van der Waals surface area contributed by atoms with Gasteiger partial charge in [0, 0.05) is 22.2 Å². The van der Waals surface area contributed by atoms with Crippen LogP contribution in [0.2, 0.25) is 0 Å². The van der Waals surface area contributed by atoms with Crippen LogP contribution in [0.25, 0.3) is 0 Å². The summed E-state index contributed by atoms with van der Waals surface area (Å²) >= 11 is 2.89. The molecule has 0 spiro atoms. The summed E-state index contributed by atoms with van der Waals surface area (Å²) in [4.78, 5) is 14.1. The van der Waals surface area contributed by atoms with Gasteiger partial charge in [-0.05, 0) is 22.9 Å². The maximum absolute atomic E-state index is 13.6. The Bertz CT molecular complexity index is 919. The van der Waals surface area contributed by atoms with E-state index in [1.54, 1.807) is 12.1 Å². The van der Waals surface area contributed by atoms with Crippen molar-refractivity contribution < 1.29 is 18.0 Å². The predicted octanol–water partition coefficient (Wildman–Crippen LogP) is 4.60. The quantitative estimate of drug-likeness (QED) is 0.659. The fourth-order valence-electron chi connectivity index (χ4n) is 3.03. The van der Waals surface area contributed by atoms with Gasteiger partial charge in [0.15, 0.2) is 11.7 Å². The van der Waals surface area contributed by atoms with E-state index in [-0.39, 0.29) is 17.9 Å². The minimum absolute atomic E-state index is 0.0323. The Balaban J connectivity index is 1.58. The van der Waals surface area contributed by atoms with Gasteiger partial charge < -0.3 is 10.6 Å². The highest BCUT2D eigenvalue weighted by molar-refractivity contribution is 7.10. The average molecular weight is 412 g/mol. The van der Waals surface area contributed by atoms with Gasteiger partial charge in [-0.2, -0.15) is 18.3 Å². The van der Waals surface area contributed by atoms with E-state index in [1.165, 1.54) is 28.7 Å². The molecule has 0 aromatic carbocycles. The summed E-state index contributed by atoms with van der Waals surface area (Å²) in [5, 5.41) is 13.4. The normalized spacial score (nSPS) is 19.4. The molecule has 0 bridgehead atoms. The maximum Gasteiger partial charge on any atom is 0.410 e. The zero-order valence-electron chi connectivity index (χ0n) is 13.9. The van der Waals surface area contributed by atoms with Gasteiger partial charge >= 0.3 is 6.18 Å². The first kappa shape index (κ1) is 18.1. The van der Waals surface area contributed by atoms with Gasteiger partial charge in [-0.1, -0.05) is 12.1 Å². The molecule has 1 aliphatic heterocycles. The fraction of sp³-hybridized carbons (Fsp3) is 0.294. The molecule has 1 aliphatic rings. The van der Waals surface area contributed by atoms with Gasteiger partial charge in [0.1, 0.15) is 5.82 Å². The van der Waals surface area contributed by atoms with Crippen molar-refractivity contribution in [3.05, 3.63) is 56.5 Å². The van der Waals surface area contributed by atoms with Gasteiger partial charge in [0.2, 0.25) is 0 Å². The largest absolute Gasteiger partial charge is 0.410 e. The fourth-order valence-corrected chi connectivity index (χ4v) is 4.47. The van der Waals surface area contributed by atoms with Crippen LogP contribution in [0.1, 0.15) is 38.7 Å². The van der Waals surface area contributed by atoms with E-state index >= 15 is 0 Å². The van der Waals surface area contributed by atoms with Crippen LogP contribution in [-0.2, 0) is 6.54 Å². The molecule has 2 atom stereocenters. The molecule has 2 unspecified atom stereocenters. The van der Waals surface area contributed by atoms with Crippen molar-refractivity contribution in [2.45, 2.75) is 31.2 Å². The van der Waals surface area contributed by atoms with E-state index in [9.17, 15) is 18.0 Å². The molecule has 0 radical (unpaired) electrons. The Morgan fingerprint density at radius 1 is 1.30 bits per heavy atom. The molecule has 1 amide bonds. The smallest absolute Gasteiger partial charge is 0.363 e. The third-order valence-electron chi connectivity index (χ3n) is 4.31. The molecule has 4 heterocycles. The minimum atomic E-state index is -4.46. The van der Waals surface area contributed by atoms with E-state index < -0.39 is 24.2 Å². The monoisotopic (exact) mass is 412 g/mol. The number of hydrogen-bond acceptors (Lipinski definition) is 5. The molecule has 10 heteroatoms. The minimum Gasteiger partial charge on any atom is -0.363 e. The first-order valence-electron chi connectivity index (χ1n) is 8.18. The van der Waals surface area contributed by atoms with Gasteiger partial charge in [0.25, 0.3) is 5.91 Å². The molecule has 3 aromatic heterocycles. The maximum atomic E-state index is 13.6.